The lowest BCUT2D eigenvalue weighted by molar-refractivity contribution is -0.144. The van der Waals surface area contributed by atoms with Crippen LogP contribution in [0.4, 0.5) is 0 Å². The predicted molar refractivity (Wildman–Crippen MR) is 94.3 cm³/mol. The molecule has 0 amide bonds. The number of carbonyl (C=O) groups is 1. The molecule has 2 aromatic rings. The van der Waals surface area contributed by atoms with Gasteiger partial charge in [-0.2, -0.15) is 0 Å². The first kappa shape index (κ1) is 16.6. The lowest BCUT2D eigenvalue weighted by atomic mass is 9.77. The average molecular weight is 324 g/mol. The molecule has 1 saturated carbocycles. The van der Waals surface area contributed by atoms with E-state index in [1.807, 2.05) is 54.6 Å². The topological polar surface area (TPSA) is 35.5 Å². The number of hydrogen-bond acceptors (Lipinski definition) is 3. The maximum absolute atomic E-state index is 12.3. The van der Waals surface area contributed by atoms with Gasteiger partial charge in [0.05, 0.1) is 13.0 Å². The molecule has 0 spiro atoms. The second-order valence-electron chi connectivity index (χ2n) is 6.38. The molecule has 1 unspecified atom stereocenters. The minimum atomic E-state index is -0.166. The number of para-hydroxylation sites is 1. The molecule has 3 nitrogen and oxygen atoms in total. The molecule has 0 aliphatic heterocycles. The highest BCUT2D eigenvalue weighted by Gasteiger charge is 2.31. The van der Waals surface area contributed by atoms with Crippen molar-refractivity contribution in [1.29, 1.82) is 0 Å². The maximum Gasteiger partial charge on any atom is 0.313 e. The summed E-state index contributed by atoms with van der Waals surface area (Å²) in [6.07, 6.45) is 5.87. The first-order chi connectivity index (χ1) is 11.8. The zero-order chi connectivity index (χ0) is 16.8. The van der Waals surface area contributed by atoms with Crippen LogP contribution in [0, 0.1) is 5.92 Å². The first-order valence-corrected chi connectivity index (χ1v) is 8.68. The van der Waals surface area contributed by atoms with Gasteiger partial charge in [0.1, 0.15) is 11.5 Å². The lowest BCUT2D eigenvalue weighted by Gasteiger charge is -2.28. The smallest absolute Gasteiger partial charge is 0.313 e. The zero-order valence-electron chi connectivity index (χ0n) is 14.1. The highest BCUT2D eigenvalue weighted by molar-refractivity contribution is 5.78. The minimum absolute atomic E-state index is 0.126. The van der Waals surface area contributed by atoms with E-state index in [2.05, 4.69) is 0 Å². The number of methoxy groups -OCH3 is 1. The van der Waals surface area contributed by atoms with E-state index in [-0.39, 0.29) is 11.9 Å². The van der Waals surface area contributed by atoms with E-state index in [4.69, 9.17) is 9.47 Å². The molecule has 0 bridgehead atoms. The molecule has 1 aliphatic carbocycles. The average Bonchev–Trinajstić information content (AvgIpc) is 2.65. The van der Waals surface area contributed by atoms with E-state index in [0.29, 0.717) is 5.92 Å². The van der Waals surface area contributed by atoms with Gasteiger partial charge < -0.3 is 9.47 Å². The fourth-order valence-corrected chi connectivity index (χ4v) is 3.56. The molecule has 2 aromatic carbocycles. The monoisotopic (exact) mass is 324 g/mol. The second-order valence-corrected chi connectivity index (χ2v) is 6.38. The molecule has 0 aromatic heterocycles. The van der Waals surface area contributed by atoms with E-state index in [1.54, 1.807) is 0 Å². The summed E-state index contributed by atoms with van der Waals surface area (Å²) in [6, 6.07) is 17.5. The molecule has 0 saturated heterocycles. The molecule has 1 aliphatic rings. The Morgan fingerprint density at radius 3 is 2.17 bits per heavy atom. The summed E-state index contributed by atoms with van der Waals surface area (Å²) in [6.45, 7) is 0. The van der Waals surface area contributed by atoms with E-state index >= 15 is 0 Å². The standard InChI is InChI=1S/C21H24O3/c1-23-21(22)20(16-8-4-2-5-9-16)17-12-14-19(15-13-17)24-18-10-6-3-7-11-18/h3,6-7,10-16,20H,2,4-5,8-9H2,1H3. The Kier molecular flexibility index (Phi) is 5.52. The fraction of sp³-hybridized carbons (Fsp3) is 0.381. The van der Waals surface area contributed by atoms with Gasteiger partial charge in [-0.05, 0) is 48.6 Å². The van der Waals surface area contributed by atoms with Crippen LogP contribution in [0.5, 0.6) is 11.5 Å². The summed E-state index contributed by atoms with van der Waals surface area (Å²) in [5, 5.41) is 0. The Morgan fingerprint density at radius 1 is 0.917 bits per heavy atom. The van der Waals surface area contributed by atoms with Crippen molar-refractivity contribution in [1.82, 2.24) is 0 Å². The Morgan fingerprint density at radius 2 is 1.54 bits per heavy atom. The Hall–Kier alpha value is -2.29. The summed E-state index contributed by atoms with van der Waals surface area (Å²) in [4.78, 5) is 12.3. The van der Waals surface area contributed by atoms with Gasteiger partial charge >= 0.3 is 5.97 Å². The van der Waals surface area contributed by atoms with Crippen molar-refractivity contribution in [3.8, 4) is 11.5 Å². The van der Waals surface area contributed by atoms with Gasteiger partial charge in [-0.25, -0.2) is 0 Å². The molecular formula is C21H24O3. The van der Waals surface area contributed by atoms with Crippen LogP contribution in [0.15, 0.2) is 54.6 Å². The molecule has 3 heteroatoms. The summed E-state index contributed by atoms with van der Waals surface area (Å²) in [5.41, 5.74) is 1.02. The molecular weight excluding hydrogens is 300 g/mol. The van der Waals surface area contributed by atoms with E-state index in [1.165, 1.54) is 26.4 Å². The van der Waals surface area contributed by atoms with Crippen molar-refractivity contribution < 1.29 is 14.3 Å². The maximum atomic E-state index is 12.3. The third kappa shape index (κ3) is 3.97. The normalized spacial score (nSPS) is 16.4. The molecule has 0 N–H and O–H groups in total. The van der Waals surface area contributed by atoms with Gasteiger partial charge in [-0.15, -0.1) is 0 Å². The van der Waals surface area contributed by atoms with E-state index in [0.717, 1.165) is 29.9 Å². The number of ether oxygens (including phenoxy) is 2. The third-order valence-electron chi connectivity index (χ3n) is 4.79. The van der Waals surface area contributed by atoms with Gasteiger partial charge in [0.2, 0.25) is 0 Å². The Labute approximate surface area is 143 Å². The zero-order valence-corrected chi connectivity index (χ0v) is 14.1. The van der Waals surface area contributed by atoms with Gasteiger partial charge in [0.15, 0.2) is 0 Å². The van der Waals surface area contributed by atoms with Crippen molar-refractivity contribution in [2.75, 3.05) is 7.11 Å². The van der Waals surface area contributed by atoms with Crippen LogP contribution in [-0.4, -0.2) is 13.1 Å². The lowest BCUT2D eigenvalue weighted by Crippen LogP contribution is -2.25. The molecule has 126 valence electrons. The predicted octanol–water partition coefficient (Wildman–Crippen LogP) is 5.32. The highest BCUT2D eigenvalue weighted by Crippen LogP contribution is 2.37. The quantitative estimate of drug-likeness (QED) is 0.699. The van der Waals surface area contributed by atoms with Crippen LogP contribution in [0.3, 0.4) is 0 Å². The van der Waals surface area contributed by atoms with Crippen LogP contribution >= 0.6 is 0 Å². The fourth-order valence-electron chi connectivity index (χ4n) is 3.56. The largest absolute Gasteiger partial charge is 0.469 e. The molecule has 1 atom stereocenters. The molecule has 1 fully saturated rings. The highest BCUT2D eigenvalue weighted by atomic mass is 16.5. The Bertz CT molecular complexity index is 643. The number of carbonyl (C=O) groups excluding carboxylic acids is 1. The molecule has 0 radical (unpaired) electrons. The number of rotatable bonds is 5. The van der Waals surface area contributed by atoms with Crippen LogP contribution in [-0.2, 0) is 9.53 Å². The van der Waals surface area contributed by atoms with Crippen LogP contribution < -0.4 is 4.74 Å². The minimum Gasteiger partial charge on any atom is -0.469 e. The van der Waals surface area contributed by atoms with E-state index < -0.39 is 0 Å². The van der Waals surface area contributed by atoms with Crippen molar-refractivity contribution in [3.05, 3.63) is 60.2 Å². The van der Waals surface area contributed by atoms with Gasteiger partial charge in [0, 0.05) is 0 Å². The van der Waals surface area contributed by atoms with Crippen molar-refractivity contribution >= 4 is 5.97 Å². The van der Waals surface area contributed by atoms with Crippen LogP contribution in [0.2, 0.25) is 0 Å². The van der Waals surface area contributed by atoms with Crippen LogP contribution in [0.25, 0.3) is 0 Å². The number of benzene rings is 2. The summed E-state index contributed by atoms with van der Waals surface area (Å²) < 4.78 is 10.9. The Balaban J connectivity index is 1.77. The third-order valence-corrected chi connectivity index (χ3v) is 4.79. The number of esters is 1. The van der Waals surface area contributed by atoms with Crippen molar-refractivity contribution in [2.45, 2.75) is 38.0 Å². The molecule has 3 rings (SSSR count). The molecule has 24 heavy (non-hydrogen) atoms. The van der Waals surface area contributed by atoms with Gasteiger partial charge in [0.25, 0.3) is 0 Å². The first-order valence-electron chi connectivity index (χ1n) is 8.68. The van der Waals surface area contributed by atoms with Gasteiger partial charge in [-0.3, -0.25) is 4.79 Å². The summed E-state index contributed by atoms with van der Waals surface area (Å²) >= 11 is 0. The second kappa shape index (κ2) is 8.00. The summed E-state index contributed by atoms with van der Waals surface area (Å²) in [5.74, 6) is 1.67. The molecule has 0 heterocycles. The van der Waals surface area contributed by atoms with E-state index in [9.17, 15) is 4.79 Å². The van der Waals surface area contributed by atoms with Crippen molar-refractivity contribution in [2.24, 2.45) is 5.92 Å². The van der Waals surface area contributed by atoms with Gasteiger partial charge in [-0.1, -0.05) is 49.6 Å². The SMILES string of the molecule is COC(=O)C(c1ccc(Oc2ccccc2)cc1)C1CCCCC1. The number of hydrogen-bond donors (Lipinski definition) is 0. The summed E-state index contributed by atoms with van der Waals surface area (Å²) in [7, 11) is 1.48. The van der Waals surface area contributed by atoms with Crippen molar-refractivity contribution in [3.63, 3.8) is 0 Å². The van der Waals surface area contributed by atoms with Crippen LogP contribution in [0.1, 0.15) is 43.6 Å².